The molecule has 9 atom stereocenters. The fourth-order valence-electron chi connectivity index (χ4n) is 8.51. The van der Waals surface area contributed by atoms with Gasteiger partial charge in [-0.2, -0.15) is 0 Å². The Morgan fingerprint density at radius 1 is 0.935 bits per heavy atom. The van der Waals surface area contributed by atoms with Gasteiger partial charge in [-0.05, 0) is 105 Å². The van der Waals surface area contributed by atoms with Gasteiger partial charge in [0.2, 0.25) is 0 Å². The summed E-state index contributed by atoms with van der Waals surface area (Å²) in [6.45, 7) is 10.7. The molecule has 0 bridgehead atoms. The Morgan fingerprint density at radius 2 is 1.58 bits per heavy atom. The first-order chi connectivity index (χ1) is 14.1. The molecule has 0 heterocycles. The third-order valence-electron chi connectivity index (χ3n) is 10.4. The molecule has 5 heteroatoms. The van der Waals surface area contributed by atoms with Crippen molar-refractivity contribution in [2.75, 3.05) is 0 Å². The highest BCUT2D eigenvalue weighted by atomic mass is 35.5. The van der Waals surface area contributed by atoms with E-state index < -0.39 is 6.04 Å². The average molecular weight is 454 g/mol. The Hall–Kier alpha value is -0.610. The van der Waals surface area contributed by atoms with Crippen molar-refractivity contribution in [1.29, 1.82) is 0 Å². The molecule has 4 aliphatic rings. The lowest BCUT2D eigenvalue weighted by molar-refractivity contribution is -0.165. The smallest absolute Gasteiger partial charge is 0.323 e. The number of rotatable bonds is 4. The molecular formula is C26H44ClNO3. The minimum atomic E-state index is -0.512. The van der Waals surface area contributed by atoms with Crippen LogP contribution in [0.25, 0.3) is 0 Å². The van der Waals surface area contributed by atoms with Crippen LogP contribution in [0.5, 0.6) is 0 Å². The second kappa shape index (κ2) is 8.97. The number of carbonyl (C=O) groups excluding carboxylic acids is 2. The Labute approximate surface area is 195 Å². The zero-order valence-corrected chi connectivity index (χ0v) is 21.0. The molecule has 0 aromatic rings. The standard InChI is InChI=1S/C26H43NO3.ClH/c1-15(2)23(27)24(29)30-18-10-12-25(4)17(14-18)6-7-19-21-9-8-20(16(3)28)26(21,5)13-11-22(19)25;/h15,17-23H,6-14,27H2,1-5H3;1H/t17-,18+,19-,20+,21-,22-,23-,25-,26+;/m0./s1. The SMILES string of the molecule is CC(=O)[C@H]1CC[C@H]2[C@@H]3CC[C@H]4C[C@H](OC(=O)[C@@H](N)C(C)C)CC[C@]4(C)[C@H]3CC[C@]12C.Cl. The predicted molar refractivity (Wildman–Crippen MR) is 126 cm³/mol. The summed E-state index contributed by atoms with van der Waals surface area (Å²) in [5, 5.41) is 0. The zero-order valence-electron chi connectivity index (χ0n) is 20.2. The van der Waals surface area contributed by atoms with Crippen LogP contribution in [-0.4, -0.2) is 23.9 Å². The van der Waals surface area contributed by atoms with Crippen LogP contribution in [0, 0.1) is 46.3 Å². The number of nitrogens with two attached hydrogens (primary N) is 1. The molecule has 2 N–H and O–H groups in total. The van der Waals surface area contributed by atoms with Crippen LogP contribution in [0.2, 0.25) is 0 Å². The lowest BCUT2D eigenvalue weighted by Crippen LogP contribution is -2.54. The number of halogens is 1. The summed E-state index contributed by atoms with van der Waals surface area (Å²) >= 11 is 0. The van der Waals surface area contributed by atoms with Crippen LogP contribution in [0.1, 0.15) is 92.4 Å². The number of fused-ring (bicyclic) bond motifs is 5. The molecule has 0 amide bonds. The molecule has 4 saturated carbocycles. The second-order valence-corrected chi connectivity index (χ2v) is 12.0. The lowest BCUT2D eigenvalue weighted by atomic mass is 9.44. The van der Waals surface area contributed by atoms with Crippen molar-refractivity contribution >= 4 is 24.2 Å². The molecule has 4 fully saturated rings. The van der Waals surface area contributed by atoms with Crippen molar-refractivity contribution in [3.8, 4) is 0 Å². The Balaban J connectivity index is 0.00000272. The number of hydrogen-bond acceptors (Lipinski definition) is 4. The molecule has 4 aliphatic carbocycles. The molecule has 0 spiro atoms. The largest absolute Gasteiger partial charge is 0.461 e. The van der Waals surface area contributed by atoms with Crippen molar-refractivity contribution < 1.29 is 14.3 Å². The first-order valence-corrected chi connectivity index (χ1v) is 12.5. The fourth-order valence-corrected chi connectivity index (χ4v) is 8.51. The van der Waals surface area contributed by atoms with E-state index in [-0.39, 0.29) is 41.7 Å². The van der Waals surface area contributed by atoms with Crippen molar-refractivity contribution in [1.82, 2.24) is 0 Å². The summed E-state index contributed by atoms with van der Waals surface area (Å²) < 4.78 is 5.87. The molecule has 0 aromatic heterocycles. The number of esters is 1. The van der Waals surface area contributed by atoms with E-state index in [0.29, 0.717) is 17.1 Å². The van der Waals surface area contributed by atoms with Gasteiger partial charge in [-0.15, -0.1) is 12.4 Å². The molecule has 31 heavy (non-hydrogen) atoms. The molecule has 0 aliphatic heterocycles. The number of ketones is 1. The van der Waals surface area contributed by atoms with Gasteiger partial charge in [-0.25, -0.2) is 0 Å². The van der Waals surface area contributed by atoms with Gasteiger partial charge in [0.1, 0.15) is 17.9 Å². The van der Waals surface area contributed by atoms with E-state index in [1.165, 1.54) is 32.1 Å². The van der Waals surface area contributed by atoms with E-state index in [0.717, 1.165) is 43.4 Å². The summed E-state index contributed by atoms with van der Waals surface area (Å²) in [7, 11) is 0. The van der Waals surface area contributed by atoms with E-state index in [9.17, 15) is 9.59 Å². The lowest BCUT2D eigenvalue weighted by Gasteiger charge is -2.61. The van der Waals surface area contributed by atoms with Gasteiger partial charge < -0.3 is 10.5 Å². The van der Waals surface area contributed by atoms with Crippen LogP contribution >= 0.6 is 12.4 Å². The normalized spacial score (nSPS) is 45.0. The maximum Gasteiger partial charge on any atom is 0.323 e. The summed E-state index contributed by atoms with van der Waals surface area (Å²) in [6.07, 6.45) is 10.6. The van der Waals surface area contributed by atoms with Crippen LogP contribution in [0.4, 0.5) is 0 Å². The minimum absolute atomic E-state index is 0. The molecule has 178 valence electrons. The first-order valence-electron chi connectivity index (χ1n) is 12.5. The third-order valence-corrected chi connectivity index (χ3v) is 10.4. The van der Waals surface area contributed by atoms with E-state index in [1.807, 2.05) is 20.8 Å². The number of Topliss-reactive ketones (excluding diaryl/α,β-unsaturated/α-hetero) is 1. The molecule has 4 rings (SSSR count). The predicted octanol–water partition coefficient (Wildman–Crippen LogP) is 5.55. The number of ether oxygens (including phenoxy) is 1. The molecule has 0 unspecified atom stereocenters. The van der Waals surface area contributed by atoms with Gasteiger partial charge in [-0.1, -0.05) is 27.7 Å². The van der Waals surface area contributed by atoms with Gasteiger partial charge in [0.15, 0.2) is 0 Å². The van der Waals surface area contributed by atoms with E-state index >= 15 is 0 Å². The van der Waals surface area contributed by atoms with Crippen molar-refractivity contribution in [2.24, 2.45) is 52.1 Å². The quantitative estimate of drug-likeness (QED) is 0.566. The topological polar surface area (TPSA) is 69.4 Å². The average Bonchev–Trinajstić information content (AvgIpc) is 3.05. The van der Waals surface area contributed by atoms with Crippen LogP contribution in [0.3, 0.4) is 0 Å². The fraction of sp³-hybridized carbons (Fsp3) is 0.923. The summed E-state index contributed by atoms with van der Waals surface area (Å²) in [4.78, 5) is 24.7. The zero-order chi connectivity index (χ0) is 21.8. The monoisotopic (exact) mass is 453 g/mol. The van der Waals surface area contributed by atoms with Gasteiger partial charge in [-0.3, -0.25) is 9.59 Å². The van der Waals surface area contributed by atoms with E-state index in [1.54, 1.807) is 0 Å². The molecule has 0 saturated heterocycles. The molecule has 0 radical (unpaired) electrons. The van der Waals surface area contributed by atoms with Crippen molar-refractivity contribution in [3.05, 3.63) is 0 Å². The highest BCUT2D eigenvalue weighted by Crippen LogP contribution is 2.67. The van der Waals surface area contributed by atoms with Crippen molar-refractivity contribution in [2.45, 2.75) is 105 Å². The van der Waals surface area contributed by atoms with Crippen LogP contribution in [-0.2, 0) is 14.3 Å². The molecular weight excluding hydrogens is 410 g/mol. The molecule has 4 nitrogen and oxygen atoms in total. The third kappa shape index (κ3) is 4.09. The number of hydrogen-bond donors (Lipinski definition) is 1. The second-order valence-electron chi connectivity index (χ2n) is 12.0. The first kappa shape index (κ1) is 25.0. The van der Waals surface area contributed by atoms with Gasteiger partial charge in [0.25, 0.3) is 0 Å². The highest BCUT2D eigenvalue weighted by molar-refractivity contribution is 5.85. The summed E-state index contributed by atoms with van der Waals surface area (Å²) in [6, 6.07) is -0.512. The van der Waals surface area contributed by atoms with Crippen molar-refractivity contribution in [3.63, 3.8) is 0 Å². The maximum absolute atomic E-state index is 12.4. The minimum Gasteiger partial charge on any atom is -0.461 e. The van der Waals surface area contributed by atoms with Crippen LogP contribution in [0.15, 0.2) is 0 Å². The maximum atomic E-state index is 12.4. The van der Waals surface area contributed by atoms with Gasteiger partial charge >= 0.3 is 5.97 Å². The highest BCUT2D eigenvalue weighted by Gasteiger charge is 2.60. The Kier molecular flexibility index (Phi) is 7.24. The Morgan fingerprint density at radius 3 is 2.23 bits per heavy atom. The van der Waals surface area contributed by atoms with E-state index in [2.05, 4.69) is 13.8 Å². The Bertz CT molecular complexity index is 696. The van der Waals surface area contributed by atoms with Gasteiger partial charge in [0, 0.05) is 5.92 Å². The van der Waals surface area contributed by atoms with E-state index in [4.69, 9.17) is 10.5 Å². The summed E-state index contributed by atoms with van der Waals surface area (Å²) in [5.74, 6) is 3.52. The molecule has 0 aromatic carbocycles. The van der Waals surface area contributed by atoms with Gasteiger partial charge in [0.05, 0.1) is 0 Å². The number of carbonyl (C=O) groups is 2. The van der Waals surface area contributed by atoms with Crippen LogP contribution < -0.4 is 5.73 Å². The summed E-state index contributed by atoms with van der Waals surface area (Å²) in [5.41, 5.74) is 6.61.